The molecule has 0 radical (unpaired) electrons. The molecular formula is C20H21ClN4O3. The highest BCUT2D eigenvalue weighted by atomic mass is 35.5. The van der Waals surface area contributed by atoms with Crippen LogP contribution in [-0.2, 0) is 23.2 Å². The lowest BCUT2D eigenvalue weighted by molar-refractivity contribution is -0.130. The van der Waals surface area contributed by atoms with Crippen LogP contribution in [0.1, 0.15) is 48.7 Å². The summed E-state index contributed by atoms with van der Waals surface area (Å²) < 4.78 is 10.7. The van der Waals surface area contributed by atoms with E-state index in [0.717, 1.165) is 24.8 Å². The van der Waals surface area contributed by atoms with E-state index < -0.39 is 0 Å². The fraction of sp³-hybridized carbons (Fsp3) is 0.400. The summed E-state index contributed by atoms with van der Waals surface area (Å²) in [6, 6.07) is 9.56. The van der Waals surface area contributed by atoms with Gasteiger partial charge in [0.25, 0.3) is 0 Å². The maximum absolute atomic E-state index is 12.3. The molecule has 1 aliphatic rings. The number of aromatic nitrogens is 3. The van der Waals surface area contributed by atoms with Crippen molar-refractivity contribution in [2.45, 2.75) is 44.1 Å². The molecule has 1 aromatic carbocycles. The normalized spacial score (nSPS) is 15.2. The van der Waals surface area contributed by atoms with Crippen LogP contribution in [0.4, 0.5) is 0 Å². The molecule has 3 aromatic rings. The van der Waals surface area contributed by atoms with Crippen LogP contribution in [0.15, 0.2) is 45.5 Å². The zero-order valence-electron chi connectivity index (χ0n) is 15.6. The second kappa shape index (κ2) is 7.75. The highest BCUT2D eigenvalue weighted by Crippen LogP contribution is 2.48. The molecule has 1 fully saturated rings. The van der Waals surface area contributed by atoms with E-state index in [1.54, 1.807) is 18.0 Å². The Morgan fingerprint density at radius 2 is 2.00 bits per heavy atom. The van der Waals surface area contributed by atoms with Gasteiger partial charge >= 0.3 is 0 Å². The summed E-state index contributed by atoms with van der Waals surface area (Å²) in [4.78, 5) is 13.9. The molecule has 8 heteroatoms. The molecule has 0 unspecified atom stereocenters. The highest BCUT2D eigenvalue weighted by Gasteiger charge is 2.45. The molecule has 7 nitrogen and oxygen atoms in total. The SMILES string of the molecule is CN(Cc1ccon1)C(=O)CCc1nnc(C2(c3ccc(Cl)cc3)CCC2)o1. The van der Waals surface area contributed by atoms with Crippen LogP contribution < -0.4 is 0 Å². The molecule has 28 heavy (non-hydrogen) atoms. The topological polar surface area (TPSA) is 85.3 Å². The summed E-state index contributed by atoms with van der Waals surface area (Å²) in [5, 5.41) is 13.0. The lowest BCUT2D eigenvalue weighted by atomic mass is 9.64. The molecule has 0 bridgehead atoms. The third kappa shape index (κ3) is 3.67. The second-order valence-electron chi connectivity index (χ2n) is 7.18. The number of rotatable bonds is 7. The van der Waals surface area contributed by atoms with Crippen molar-refractivity contribution in [2.24, 2.45) is 0 Å². The van der Waals surface area contributed by atoms with Crippen LogP contribution in [0.25, 0.3) is 0 Å². The predicted octanol–water partition coefficient (Wildman–Crippen LogP) is 3.77. The van der Waals surface area contributed by atoms with Gasteiger partial charge in [-0.25, -0.2) is 0 Å². The Kier molecular flexibility index (Phi) is 5.17. The zero-order valence-corrected chi connectivity index (χ0v) is 16.4. The number of amides is 1. The average Bonchev–Trinajstić information content (AvgIpc) is 3.33. The fourth-order valence-electron chi connectivity index (χ4n) is 3.53. The Bertz CT molecular complexity index is 933. The van der Waals surface area contributed by atoms with Gasteiger partial charge in [-0.2, -0.15) is 0 Å². The van der Waals surface area contributed by atoms with Crippen molar-refractivity contribution in [2.75, 3.05) is 7.05 Å². The molecule has 0 N–H and O–H groups in total. The number of benzene rings is 1. The minimum atomic E-state index is -0.233. The van der Waals surface area contributed by atoms with Crippen LogP contribution in [0, 0.1) is 0 Å². The maximum atomic E-state index is 12.3. The average molecular weight is 401 g/mol. The van der Waals surface area contributed by atoms with Crippen LogP contribution in [-0.4, -0.2) is 33.2 Å². The number of carbonyl (C=O) groups excluding carboxylic acids is 1. The number of hydrogen-bond donors (Lipinski definition) is 0. The smallest absolute Gasteiger partial charge is 0.227 e. The zero-order chi connectivity index (χ0) is 19.6. The standard InChI is InChI=1S/C20H21ClN4O3/c1-25(13-16-9-12-27-24-16)18(26)8-7-17-22-23-19(28-17)20(10-2-11-20)14-3-5-15(21)6-4-14/h3-6,9,12H,2,7-8,10-11,13H2,1H3. The number of carbonyl (C=O) groups is 1. The van der Waals surface area contributed by atoms with Crippen molar-refractivity contribution in [1.82, 2.24) is 20.3 Å². The van der Waals surface area contributed by atoms with Crippen molar-refractivity contribution < 1.29 is 13.7 Å². The lowest BCUT2D eigenvalue weighted by Crippen LogP contribution is -2.35. The van der Waals surface area contributed by atoms with E-state index in [-0.39, 0.29) is 11.3 Å². The quantitative estimate of drug-likeness (QED) is 0.600. The first-order chi connectivity index (χ1) is 13.6. The van der Waals surface area contributed by atoms with Gasteiger partial charge in [-0.3, -0.25) is 4.79 Å². The van der Waals surface area contributed by atoms with E-state index in [0.29, 0.717) is 41.9 Å². The van der Waals surface area contributed by atoms with Crippen LogP contribution in [0.5, 0.6) is 0 Å². The molecule has 0 atom stereocenters. The molecule has 0 spiro atoms. The molecule has 0 saturated heterocycles. The molecule has 2 heterocycles. The fourth-order valence-corrected chi connectivity index (χ4v) is 3.65. The minimum absolute atomic E-state index is 0.0150. The van der Waals surface area contributed by atoms with Crippen molar-refractivity contribution in [3.05, 3.63) is 64.7 Å². The van der Waals surface area contributed by atoms with Gasteiger partial charge in [-0.1, -0.05) is 35.3 Å². The first-order valence-electron chi connectivity index (χ1n) is 9.29. The van der Waals surface area contributed by atoms with Crippen molar-refractivity contribution in [1.29, 1.82) is 0 Å². The third-order valence-corrected chi connectivity index (χ3v) is 5.60. The molecule has 146 valence electrons. The van der Waals surface area contributed by atoms with Crippen LogP contribution in [0.2, 0.25) is 5.02 Å². The molecular weight excluding hydrogens is 380 g/mol. The lowest BCUT2D eigenvalue weighted by Gasteiger charge is -2.39. The van der Waals surface area contributed by atoms with Gasteiger partial charge < -0.3 is 13.8 Å². The molecule has 4 rings (SSSR count). The van der Waals surface area contributed by atoms with Crippen molar-refractivity contribution in [3.8, 4) is 0 Å². The predicted molar refractivity (Wildman–Crippen MR) is 102 cm³/mol. The molecule has 1 saturated carbocycles. The van der Waals surface area contributed by atoms with Gasteiger partial charge in [0.15, 0.2) is 0 Å². The van der Waals surface area contributed by atoms with Gasteiger partial charge in [0.1, 0.15) is 12.0 Å². The third-order valence-electron chi connectivity index (χ3n) is 5.35. The summed E-state index contributed by atoms with van der Waals surface area (Å²) in [6.45, 7) is 0.407. The summed E-state index contributed by atoms with van der Waals surface area (Å²) in [5.41, 5.74) is 1.62. The monoisotopic (exact) mass is 400 g/mol. The Hall–Kier alpha value is -2.67. The van der Waals surface area contributed by atoms with Crippen molar-refractivity contribution >= 4 is 17.5 Å². The Morgan fingerprint density at radius 1 is 1.21 bits per heavy atom. The molecule has 0 aliphatic heterocycles. The minimum Gasteiger partial charge on any atom is -0.424 e. The van der Waals surface area contributed by atoms with Gasteiger partial charge in [-0.05, 0) is 30.5 Å². The molecule has 2 aromatic heterocycles. The first kappa shape index (κ1) is 18.7. The number of nitrogens with zero attached hydrogens (tertiary/aromatic N) is 4. The number of hydrogen-bond acceptors (Lipinski definition) is 6. The number of aryl methyl sites for hydroxylation is 1. The van der Waals surface area contributed by atoms with Gasteiger partial charge in [0.2, 0.25) is 17.7 Å². The van der Waals surface area contributed by atoms with E-state index in [4.69, 9.17) is 20.5 Å². The van der Waals surface area contributed by atoms with Gasteiger partial charge in [0.05, 0.1) is 12.0 Å². The summed E-state index contributed by atoms with van der Waals surface area (Å²) >= 11 is 6.02. The Labute approximate surface area is 167 Å². The van der Waals surface area contributed by atoms with Crippen LogP contribution in [0.3, 0.4) is 0 Å². The molecule has 1 aliphatic carbocycles. The van der Waals surface area contributed by atoms with Gasteiger partial charge in [-0.15, -0.1) is 10.2 Å². The molecule has 1 amide bonds. The highest BCUT2D eigenvalue weighted by molar-refractivity contribution is 6.30. The van der Waals surface area contributed by atoms with Crippen LogP contribution >= 0.6 is 11.6 Å². The van der Waals surface area contributed by atoms with E-state index in [2.05, 4.69) is 15.4 Å². The van der Waals surface area contributed by atoms with E-state index in [1.807, 2.05) is 24.3 Å². The summed E-state index contributed by atoms with van der Waals surface area (Å²) in [6.07, 6.45) is 5.25. The summed E-state index contributed by atoms with van der Waals surface area (Å²) in [7, 11) is 1.74. The van der Waals surface area contributed by atoms with Gasteiger partial charge in [0, 0.05) is 31.0 Å². The number of halogens is 1. The van der Waals surface area contributed by atoms with E-state index >= 15 is 0 Å². The Balaban J connectivity index is 1.40. The van der Waals surface area contributed by atoms with E-state index in [1.165, 1.54) is 6.26 Å². The Morgan fingerprint density at radius 3 is 2.64 bits per heavy atom. The first-order valence-corrected chi connectivity index (χ1v) is 9.67. The second-order valence-corrected chi connectivity index (χ2v) is 7.62. The summed E-state index contributed by atoms with van der Waals surface area (Å²) in [5.74, 6) is 1.09. The van der Waals surface area contributed by atoms with E-state index in [9.17, 15) is 4.79 Å². The largest absolute Gasteiger partial charge is 0.424 e. The maximum Gasteiger partial charge on any atom is 0.227 e. The van der Waals surface area contributed by atoms with Crippen molar-refractivity contribution in [3.63, 3.8) is 0 Å².